The molecule has 2 aromatic rings. The molecule has 3 rings (SSSR count). The van der Waals surface area contributed by atoms with Gasteiger partial charge in [-0.25, -0.2) is 13.2 Å². The maximum absolute atomic E-state index is 12.8. The number of esters is 1. The van der Waals surface area contributed by atoms with Gasteiger partial charge in [-0.15, -0.1) is 0 Å². The average Bonchev–Trinajstić information content (AvgIpc) is 2.78. The molecule has 166 valence electrons. The number of rotatable bonds is 7. The number of benzene rings is 2. The largest absolute Gasteiger partial charge is 0.452 e. The van der Waals surface area contributed by atoms with Crippen LogP contribution in [0.25, 0.3) is 0 Å². The predicted octanol–water partition coefficient (Wildman–Crippen LogP) is 2.40. The van der Waals surface area contributed by atoms with E-state index in [1.165, 1.54) is 22.5 Å². The van der Waals surface area contributed by atoms with E-state index in [4.69, 9.17) is 21.1 Å². The molecule has 0 spiro atoms. The van der Waals surface area contributed by atoms with Gasteiger partial charge < -0.3 is 14.8 Å². The molecule has 8 nitrogen and oxygen atoms in total. The molecule has 1 fully saturated rings. The molecule has 0 unspecified atom stereocenters. The van der Waals surface area contributed by atoms with Crippen molar-refractivity contribution in [3.63, 3.8) is 0 Å². The number of sulfonamides is 1. The second-order valence-corrected chi connectivity index (χ2v) is 9.28. The molecule has 1 aliphatic rings. The number of hydrogen-bond donors (Lipinski definition) is 1. The van der Waals surface area contributed by atoms with Crippen LogP contribution < -0.4 is 5.32 Å². The number of ether oxygens (including phenoxy) is 2. The van der Waals surface area contributed by atoms with Crippen LogP contribution in [0, 0.1) is 0 Å². The fraction of sp³-hybridized carbons (Fsp3) is 0.333. The molecule has 0 aromatic heterocycles. The molecule has 0 bridgehead atoms. The van der Waals surface area contributed by atoms with Crippen molar-refractivity contribution in [1.29, 1.82) is 0 Å². The Kier molecular flexibility index (Phi) is 7.66. The lowest BCUT2D eigenvalue weighted by atomic mass is 10.1. The number of carbonyl (C=O) groups is 2. The molecule has 1 atom stereocenters. The van der Waals surface area contributed by atoms with E-state index < -0.39 is 28.5 Å². The molecule has 1 heterocycles. The highest BCUT2D eigenvalue weighted by Crippen LogP contribution is 2.24. The van der Waals surface area contributed by atoms with Crippen molar-refractivity contribution in [1.82, 2.24) is 9.62 Å². The molecular weight excluding hydrogens is 444 g/mol. The summed E-state index contributed by atoms with van der Waals surface area (Å²) in [7, 11) is -3.80. The first-order chi connectivity index (χ1) is 14.8. The summed E-state index contributed by atoms with van der Waals surface area (Å²) in [4.78, 5) is 24.5. The van der Waals surface area contributed by atoms with Crippen molar-refractivity contribution < 1.29 is 27.5 Å². The number of amides is 1. The van der Waals surface area contributed by atoms with Crippen LogP contribution in [0.4, 0.5) is 0 Å². The van der Waals surface area contributed by atoms with Crippen molar-refractivity contribution in [2.45, 2.75) is 17.9 Å². The molecule has 2 aromatic carbocycles. The minimum absolute atomic E-state index is 0.0315. The van der Waals surface area contributed by atoms with Gasteiger partial charge in [-0.1, -0.05) is 41.9 Å². The summed E-state index contributed by atoms with van der Waals surface area (Å²) in [6.07, 6.45) is 0. The first-order valence-electron chi connectivity index (χ1n) is 9.68. The summed E-state index contributed by atoms with van der Waals surface area (Å²) in [5, 5.41) is 2.76. The second-order valence-electron chi connectivity index (χ2n) is 6.93. The van der Waals surface area contributed by atoms with E-state index in [9.17, 15) is 18.0 Å². The minimum atomic E-state index is -3.80. The molecule has 1 N–H and O–H groups in total. The smallest absolute Gasteiger partial charge is 0.340 e. The molecule has 31 heavy (non-hydrogen) atoms. The number of morpholine rings is 1. The number of carbonyl (C=O) groups excluding carboxylic acids is 2. The van der Waals surface area contributed by atoms with E-state index in [-0.39, 0.29) is 34.6 Å². The Bertz CT molecular complexity index is 1040. The summed E-state index contributed by atoms with van der Waals surface area (Å²) in [6, 6.07) is 12.9. The van der Waals surface area contributed by atoms with E-state index in [1.807, 2.05) is 37.3 Å². The van der Waals surface area contributed by atoms with E-state index in [2.05, 4.69) is 5.32 Å². The zero-order chi connectivity index (χ0) is 22.4. The number of nitrogens with zero attached hydrogens (tertiary/aromatic N) is 1. The lowest BCUT2D eigenvalue weighted by molar-refractivity contribution is -0.124. The van der Waals surface area contributed by atoms with Gasteiger partial charge in [0.05, 0.1) is 34.7 Å². The fourth-order valence-corrected chi connectivity index (χ4v) is 4.70. The lowest BCUT2D eigenvalue weighted by Crippen LogP contribution is -2.40. The highest BCUT2D eigenvalue weighted by atomic mass is 35.5. The fourth-order valence-electron chi connectivity index (χ4n) is 3.07. The molecule has 0 aliphatic carbocycles. The second kappa shape index (κ2) is 10.2. The number of nitrogens with one attached hydrogen (secondary N) is 1. The van der Waals surface area contributed by atoms with Gasteiger partial charge in [-0.3, -0.25) is 4.79 Å². The first-order valence-corrected chi connectivity index (χ1v) is 11.5. The Morgan fingerprint density at radius 3 is 2.52 bits per heavy atom. The Hall–Kier alpha value is -2.46. The maximum Gasteiger partial charge on any atom is 0.340 e. The van der Waals surface area contributed by atoms with Gasteiger partial charge in [-0.2, -0.15) is 4.31 Å². The maximum atomic E-state index is 12.8. The highest BCUT2D eigenvalue weighted by Gasteiger charge is 2.28. The van der Waals surface area contributed by atoms with Gasteiger partial charge in [0.1, 0.15) is 0 Å². The van der Waals surface area contributed by atoms with Crippen molar-refractivity contribution >= 4 is 33.5 Å². The Balaban J connectivity index is 1.65. The first kappa shape index (κ1) is 23.2. The van der Waals surface area contributed by atoms with Gasteiger partial charge in [0.2, 0.25) is 10.0 Å². The normalized spacial score (nSPS) is 15.8. The summed E-state index contributed by atoms with van der Waals surface area (Å²) in [5.74, 6) is -1.37. The van der Waals surface area contributed by atoms with Gasteiger partial charge >= 0.3 is 5.97 Å². The zero-order valence-electron chi connectivity index (χ0n) is 16.9. The van der Waals surface area contributed by atoms with Crippen LogP contribution >= 0.6 is 11.6 Å². The molecule has 1 aliphatic heterocycles. The molecule has 1 saturated heterocycles. The lowest BCUT2D eigenvalue weighted by Gasteiger charge is -2.26. The quantitative estimate of drug-likeness (QED) is 0.628. The van der Waals surface area contributed by atoms with Gasteiger partial charge in [0.25, 0.3) is 5.91 Å². The van der Waals surface area contributed by atoms with Gasteiger partial charge in [0, 0.05) is 13.1 Å². The monoisotopic (exact) mass is 466 g/mol. The Morgan fingerprint density at radius 2 is 1.84 bits per heavy atom. The van der Waals surface area contributed by atoms with Crippen molar-refractivity contribution in [2.75, 3.05) is 32.9 Å². The third-order valence-electron chi connectivity index (χ3n) is 4.78. The number of halogens is 1. The van der Waals surface area contributed by atoms with E-state index >= 15 is 0 Å². The van der Waals surface area contributed by atoms with Crippen molar-refractivity contribution in [3.05, 3.63) is 64.7 Å². The summed E-state index contributed by atoms with van der Waals surface area (Å²) < 4.78 is 37.1. The third kappa shape index (κ3) is 5.82. The third-order valence-corrected chi connectivity index (χ3v) is 7.00. The zero-order valence-corrected chi connectivity index (χ0v) is 18.5. The van der Waals surface area contributed by atoms with Crippen LogP contribution in [-0.4, -0.2) is 57.5 Å². The van der Waals surface area contributed by atoms with E-state index in [0.29, 0.717) is 13.2 Å². The van der Waals surface area contributed by atoms with Crippen LogP contribution in [0.2, 0.25) is 5.02 Å². The molecule has 0 saturated carbocycles. The number of hydrogen-bond acceptors (Lipinski definition) is 6. The van der Waals surface area contributed by atoms with Crippen molar-refractivity contribution in [3.8, 4) is 0 Å². The van der Waals surface area contributed by atoms with Crippen LogP contribution in [0.1, 0.15) is 28.9 Å². The summed E-state index contributed by atoms with van der Waals surface area (Å²) >= 11 is 6.08. The van der Waals surface area contributed by atoms with Crippen LogP contribution in [0.5, 0.6) is 0 Å². The van der Waals surface area contributed by atoms with Crippen molar-refractivity contribution in [2.24, 2.45) is 0 Å². The molecular formula is C21H23ClN2O6S. The topological polar surface area (TPSA) is 102 Å². The molecule has 0 radical (unpaired) electrons. The van der Waals surface area contributed by atoms with Crippen LogP contribution in [0.15, 0.2) is 53.4 Å². The predicted molar refractivity (Wildman–Crippen MR) is 114 cm³/mol. The van der Waals surface area contributed by atoms with E-state index in [1.54, 1.807) is 0 Å². The average molecular weight is 467 g/mol. The van der Waals surface area contributed by atoms with Crippen LogP contribution in [-0.2, 0) is 24.3 Å². The summed E-state index contributed by atoms with van der Waals surface area (Å²) in [5.41, 5.74) is 0.783. The Labute approximate surface area is 186 Å². The SMILES string of the molecule is C[C@@H](NC(=O)COC(=O)c1cc(S(=O)(=O)N2CCOCC2)ccc1Cl)c1ccccc1. The van der Waals surface area contributed by atoms with E-state index in [0.717, 1.165) is 5.56 Å². The molecule has 10 heteroatoms. The highest BCUT2D eigenvalue weighted by molar-refractivity contribution is 7.89. The minimum Gasteiger partial charge on any atom is -0.452 e. The van der Waals surface area contributed by atoms with Gasteiger partial charge in [0.15, 0.2) is 6.61 Å². The summed E-state index contributed by atoms with van der Waals surface area (Å²) in [6.45, 7) is 2.35. The van der Waals surface area contributed by atoms with Gasteiger partial charge in [-0.05, 0) is 30.7 Å². The Morgan fingerprint density at radius 1 is 1.16 bits per heavy atom. The standard InChI is InChI=1S/C21H23ClN2O6S/c1-15(16-5-3-2-4-6-16)23-20(25)14-30-21(26)18-13-17(7-8-19(18)22)31(27,28)24-9-11-29-12-10-24/h2-8,13,15H,9-12,14H2,1H3,(H,23,25)/t15-/m1/s1. The molecule has 1 amide bonds. The van der Waals surface area contributed by atoms with Crippen LogP contribution in [0.3, 0.4) is 0 Å².